The van der Waals surface area contributed by atoms with Gasteiger partial charge in [-0.15, -0.1) is 0 Å². The van der Waals surface area contributed by atoms with Gasteiger partial charge in [-0.2, -0.15) is 0 Å². The third-order valence-corrected chi connectivity index (χ3v) is 1.81. The van der Waals surface area contributed by atoms with Crippen LogP contribution in [0, 0.1) is 0 Å². The van der Waals surface area contributed by atoms with Gasteiger partial charge >= 0.3 is 17.9 Å². The van der Waals surface area contributed by atoms with Crippen molar-refractivity contribution in [1.82, 2.24) is 4.90 Å². The van der Waals surface area contributed by atoms with E-state index in [2.05, 4.69) is 0 Å². The smallest absolute Gasteiger partial charge is 0.321 e. The number of rotatable bonds is 8. The van der Waals surface area contributed by atoms with Crippen LogP contribution in [0.5, 0.6) is 0 Å². The molecule has 0 saturated heterocycles. The zero-order valence-corrected chi connectivity index (χ0v) is 8.37. The molecule has 0 aromatic carbocycles. The maximum atomic E-state index is 10.8. The molecule has 0 aliphatic carbocycles. The van der Waals surface area contributed by atoms with Crippen molar-refractivity contribution in [2.45, 2.75) is 12.5 Å². The molecule has 0 fully saturated rings. The van der Waals surface area contributed by atoms with Crippen LogP contribution in [0.4, 0.5) is 0 Å². The van der Waals surface area contributed by atoms with E-state index in [9.17, 15) is 14.4 Å². The molecule has 0 aliphatic rings. The van der Waals surface area contributed by atoms with Gasteiger partial charge in [-0.25, -0.2) is 0 Å². The van der Waals surface area contributed by atoms with E-state index in [-0.39, 0.29) is 6.42 Å². The summed E-state index contributed by atoms with van der Waals surface area (Å²) in [5, 5.41) is 34.4. The van der Waals surface area contributed by atoms with Crippen molar-refractivity contribution in [3.8, 4) is 0 Å². The fraction of sp³-hybridized carbons (Fsp3) is 0.625. The molecule has 4 N–H and O–H groups in total. The number of carboxylic acids is 3. The molecule has 0 radical (unpaired) electrons. The quantitative estimate of drug-likeness (QED) is 0.390. The summed E-state index contributed by atoms with van der Waals surface area (Å²) >= 11 is 0. The Hall–Kier alpha value is -1.67. The molecule has 0 aromatic heterocycles. The molecular formula is C8H13NO7. The van der Waals surface area contributed by atoms with Crippen LogP contribution < -0.4 is 0 Å². The summed E-state index contributed by atoms with van der Waals surface area (Å²) in [5.41, 5.74) is 0. The molecule has 0 amide bonds. The van der Waals surface area contributed by atoms with Crippen molar-refractivity contribution in [3.63, 3.8) is 0 Å². The normalized spacial score (nSPS) is 12.4. The van der Waals surface area contributed by atoms with Gasteiger partial charge in [-0.1, -0.05) is 0 Å². The Labute approximate surface area is 90.7 Å². The first-order valence-corrected chi connectivity index (χ1v) is 4.39. The number of hydrogen-bond acceptors (Lipinski definition) is 5. The second kappa shape index (κ2) is 6.75. The van der Waals surface area contributed by atoms with Gasteiger partial charge in [0.25, 0.3) is 0 Å². The first-order valence-electron chi connectivity index (χ1n) is 4.39. The van der Waals surface area contributed by atoms with Crippen molar-refractivity contribution in [2.24, 2.45) is 0 Å². The second-order valence-electron chi connectivity index (χ2n) is 3.06. The predicted octanol–water partition coefficient (Wildman–Crippen LogP) is -1.71. The van der Waals surface area contributed by atoms with E-state index in [1.54, 1.807) is 0 Å². The van der Waals surface area contributed by atoms with E-state index in [1.807, 2.05) is 0 Å². The van der Waals surface area contributed by atoms with Crippen molar-refractivity contribution in [2.75, 3.05) is 19.7 Å². The van der Waals surface area contributed by atoms with E-state index in [0.29, 0.717) is 0 Å². The third-order valence-electron chi connectivity index (χ3n) is 1.81. The maximum absolute atomic E-state index is 10.8. The molecule has 16 heavy (non-hydrogen) atoms. The summed E-state index contributed by atoms with van der Waals surface area (Å²) in [5.74, 6) is -4.02. The van der Waals surface area contributed by atoms with Crippen molar-refractivity contribution >= 4 is 17.9 Å². The zero-order valence-electron chi connectivity index (χ0n) is 8.37. The minimum absolute atomic E-state index is 0.226. The van der Waals surface area contributed by atoms with Gasteiger partial charge in [0.1, 0.15) is 6.04 Å². The summed E-state index contributed by atoms with van der Waals surface area (Å²) < 4.78 is 0. The highest BCUT2D eigenvalue weighted by Gasteiger charge is 2.28. The van der Waals surface area contributed by atoms with Crippen LogP contribution in [0.2, 0.25) is 0 Å². The van der Waals surface area contributed by atoms with Crippen LogP contribution in [0.1, 0.15) is 6.42 Å². The van der Waals surface area contributed by atoms with Gasteiger partial charge in [-0.3, -0.25) is 19.3 Å². The lowest BCUT2D eigenvalue weighted by Crippen LogP contribution is -2.46. The van der Waals surface area contributed by atoms with Crippen molar-refractivity contribution in [3.05, 3.63) is 0 Å². The van der Waals surface area contributed by atoms with Gasteiger partial charge in [0.2, 0.25) is 0 Å². The first kappa shape index (κ1) is 14.3. The lowest BCUT2D eigenvalue weighted by molar-refractivity contribution is -0.149. The highest BCUT2D eigenvalue weighted by Crippen LogP contribution is 2.04. The SMILES string of the molecule is O=C(O)CN(CC(=O)O)C(CCO)C(=O)O. The van der Waals surface area contributed by atoms with Crippen LogP contribution in [0.25, 0.3) is 0 Å². The van der Waals surface area contributed by atoms with E-state index >= 15 is 0 Å². The van der Waals surface area contributed by atoms with Gasteiger partial charge in [0, 0.05) is 6.61 Å². The van der Waals surface area contributed by atoms with Crippen LogP contribution in [0.3, 0.4) is 0 Å². The Kier molecular flexibility index (Phi) is 6.04. The Morgan fingerprint density at radius 2 is 1.44 bits per heavy atom. The molecule has 1 unspecified atom stereocenters. The summed E-state index contributed by atoms with van der Waals surface area (Å²) in [6.07, 6.45) is -0.226. The number of aliphatic hydroxyl groups excluding tert-OH is 1. The fourth-order valence-electron chi connectivity index (χ4n) is 1.21. The predicted molar refractivity (Wildman–Crippen MR) is 50.0 cm³/mol. The molecule has 92 valence electrons. The zero-order chi connectivity index (χ0) is 12.7. The van der Waals surface area contributed by atoms with E-state index < -0.39 is 43.6 Å². The highest BCUT2D eigenvalue weighted by atomic mass is 16.4. The monoisotopic (exact) mass is 235 g/mol. The minimum Gasteiger partial charge on any atom is -0.480 e. The topological polar surface area (TPSA) is 135 Å². The molecule has 0 saturated carbocycles. The van der Waals surface area contributed by atoms with E-state index in [4.69, 9.17) is 20.4 Å². The Morgan fingerprint density at radius 3 is 1.69 bits per heavy atom. The molecule has 1 atom stereocenters. The Bertz CT molecular complexity index is 262. The number of hydrogen-bond donors (Lipinski definition) is 4. The Balaban J connectivity index is 4.72. The standard InChI is InChI=1S/C8H13NO7/c10-2-1-5(8(15)16)9(3-6(11)12)4-7(13)14/h5,10H,1-4H2,(H,11,12)(H,13,14)(H,15,16). The number of aliphatic carboxylic acids is 3. The average molecular weight is 235 g/mol. The van der Waals surface area contributed by atoms with Crippen LogP contribution in [-0.2, 0) is 14.4 Å². The fourth-order valence-corrected chi connectivity index (χ4v) is 1.21. The molecular weight excluding hydrogens is 222 g/mol. The summed E-state index contributed by atoms with van der Waals surface area (Å²) in [4.78, 5) is 32.4. The molecule has 0 aromatic rings. The molecule has 0 aliphatic heterocycles. The van der Waals surface area contributed by atoms with Gasteiger partial charge < -0.3 is 20.4 Å². The first-order chi connectivity index (χ1) is 7.38. The minimum atomic E-state index is -1.36. The van der Waals surface area contributed by atoms with Crippen LogP contribution >= 0.6 is 0 Å². The highest BCUT2D eigenvalue weighted by molar-refractivity contribution is 5.78. The number of carbonyl (C=O) groups is 3. The summed E-state index contributed by atoms with van der Waals surface area (Å²) in [6.45, 7) is -1.88. The molecule has 0 spiro atoms. The third kappa shape index (κ3) is 5.27. The van der Waals surface area contributed by atoms with Crippen molar-refractivity contribution in [1.29, 1.82) is 0 Å². The Morgan fingerprint density at radius 1 is 1.00 bits per heavy atom. The molecule has 8 heteroatoms. The lowest BCUT2D eigenvalue weighted by atomic mass is 10.2. The van der Waals surface area contributed by atoms with E-state index in [1.165, 1.54) is 0 Å². The molecule has 8 nitrogen and oxygen atoms in total. The summed E-state index contributed by atoms with van der Waals surface area (Å²) in [6, 6.07) is -1.32. The van der Waals surface area contributed by atoms with Gasteiger partial charge in [-0.05, 0) is 6.42 Å². The van der Waals surface area contributed by atoms with Crippen molar-refractivity contribution < 1.29 is 34.8 Å². The van der Waals surface area contributed by atoms with Crippen LogP contribution in [0.15, 0.2) is 0 Å². The average Bonchev–Trinajstić information content (AvgIpc) is 2.10. The van der Waals surface area contributed by atoms with Crippen LogP contribution in [-0.4, -0.2) is 69.0 Å². The maximum Gasteiger partial charge on any atom is 0.321 e. The molecule has 0 rings (SSSR count). The second-order valence-corrected chi connectivity index (χ2v) is 3.06. The van der Waals surface area contributed by atoms with Gasteiger partial charge in [0.15, 0.2) is 0 Å². The number of aliphatic hydroxyl groups is 1. The lowest BCUT2D eigenvalue weighted by Gasteiger charge is -2.24. The van der Waals surface area contributed by atoms with Gasteiger partial charge in [0.05, 0.1) is 13.1 Å². The molecule has 0 heterocycles. The number of carboxylic acid groups (broad SMARTS) is 3. The van der Waals surface area contributed by atoms with E-state index in [0.717, 1.165) is 4.90 Å². The largest absolute Gasteiger partial charge is 0.480 e. The number of nitrogens with zero attached hydrogens (tertiary/aromatic N) is 1. The summed E-state index contributed by atoms with van der Waals surface area (Å²) in [7, 11) is 0. The molecule has 0 bridgehead atoms.